The summed E-state index contributed by atoms with van der Waals surface area (Å²) in [6.07, 6.45) is 1.82. The summed E-state index contributed by atoms with van der Waals surface area (Å²) in [5.74, 6) is 0. The second kappa shape index (κ2) is 5.54. The number of halogens is 1. The standard InChI is InChI=1S/C13H13ClN2S/c1-9(15)10-5-6-13(16-8-10)17-12-4-2-3-11(14)7-12/h2-9H,15H2,1H3. The molecule has 88 valence electrons. The fourth-order valence-corrected chi connectivity index (χ4v) is 2.44. The molecule has 0 aliphatic carbocycles. The minimum Gasteiger partial charge on any atom is -0.324 e. The average molecular weight is 265 g/mol. The number of rotatable bonds is 3. The van der Waals surface area contributed by atoms with Crippen molar-refractivity contribution in [3.8, 4) is 0 Å². The molecule has 2 rings (SSSR count). The number of hydrogen-bond donors (Lipinski definition) is 1. The Balaban J connectivity index is 2.14. The summed E-state index contributed by atoms with van der Waals surface area (Å²) in [5.41, 5.74) is 6.81. The predicted molar refractivity (Wildman–Crippen MR) is 72.4 cm³/mol. The van der Waals surface area contributed by atoms with Gasteiger partial charge in [0.05, 0.1) is 0 Å². The molecule has 0 amide bonds. The lowest BCUT2D eigenvalue weighted by atomic mass is 10.2. The fraction of sp³-hybridized carbons (Fsp3) is 0.154. The molecular weight excluding hydrogens is 252 g/mol. The molecule has 0 radical (unpaired) electrons. The molecule has 2 N–H and O–H groups in total. The summed E-state index contributed by atoms with van der Waals surface area (Å²) in [6.45, 7) is 1.95. The fourth-order valence-electron chi connectivity index (χ4n) is 1.37. The van der Waals surface area contributed by atoms with Gasteiger partial charge < -0.3 is 5.73 Å². The number of pyridine rings is 1. The van der Waals surface area contributed by atoms with Crippen LogP contribution in [0.4, 0.5) is 0 Å². The zero-order valence-electron chi connectivity index (χ0n) is 9.43. The molecule has 1 heterocycles. The second-order valence-corrected chi connectivity index (χ2v) is 5.31. The number of benzene rings is 1. The van der Waals surface area contributed by atoms with Gasteiger partial charge in [0.25, 0.3) is 0 Å². The van der Waals surface area contributed by atoms with Gasteiger partial charge in [-0.25, -0.2) is 4.98 Å². The molecule has 4 heteroatoms. The molecule has 0 aliphatic rings. The Hall–Kier alpha value is -1.03. The lowest BCUT2D eigenvalue weighted by Crippen LogP contribution is -2.04. The lowest BCUT2D eigenvalue weighted by Gasteiger charge is -2.06. The first-order chi connectivity index (χ1) is 8.15. The number of aromatic nitrogens is 1. The molecule has 0 saturated heterocycles. The van der Waals surface area contributed by atoms with Crippen LogP contribution in [0.2, 0.25) is 5.02 Å². The Bertz CT molecular complexity index is 497. The van der Waals surface area contributed by atoms with Crippen molar-refractivity contribution in [1.82, 2.24) is 4.98 Å². The Labute approximate surface area is 110 Å². The van der Waals surface area contributed by atoms with E-state index in [1.54, 1.807) is 11.8 Å². The average Bonchev–Trinajstić information content (AvgIpc) is 2.29. The molecule has 1 atom stereocenters. The van der Waals surface area contributed by atoms with Crippen molar-refractivity contribution in [2.45, 2.75) is 22.9 Å². The molecule has 1 unspecified atom stereocenters. The Morgan fingerprint density at radius 2 is 2.12 bits per heavy atom. The number of nitrogens with zero attached hydrogens (tertiary/aromatic N) is 1. The molecule has 2 nitrogen and oxygen atoms in total. The first kappa shape index (κ1) is 12.4. The van der Waals surface area contributed by atoms with Gasteiger partial charge in [0.15, 0.2) is 0 Å². The third kappa shape index (κ3) is 3.46. The van der Waals surface area contributed by atoms with E-state index < -0.39 is 0 Å². The quantitative estimate of drug-likeness (QED) is 0.914. The zero-order valence-corrected chi connectivity index (χ0v) is 11.0. The highest BCUT2D eigenvalue weighted by atomic mass is 35.5. The van der Waals surface area contributed by atoms with Crippen LogP contribution in [-0.2, 0) is 0 Å². The van der Waals surface area contributed by atoms with Crippen molar-refractivity contribution in [1.29, 1.82) is 0 Å². The van der Waals surface area contributed by atoms with Crippen LogP contribution in [0.1, 0.15) is 18.5 Å². The van der Waals surface area contributed by atoms with Gasteiger partial charge in [0.2, 0.25) is 0 Å². The molecule has 0 bridgehead atoms. The van der Waals surface area contributed by atoms with E-state index in [0.29, 0.717) is 0 Å². The molecule has 1 aromatic heterocycles. The maximum absolute atomic E-state index is 5.93. The van der Waals surface area contributed by atoms with Gasteiger partial charge in [-0.2, -0.15) is 0 Å². The normalized spacial score (nSPS) is 12.4. The van der Waals surface area contributed by atoms with E-state index in [1.807, 2.05) is 49.5 Å². The van der Waals surface area contributed by atoms with Gasteiger partial charge >= 0.3 is 0 Å². The summed E-state index contributed by atoms with van der Waals surface area (Å²) in [5, 5.41) is 1.68. The highest BCUT2D eigenvalue weighted by Gasteiger charge is 2.02. The van der Waals surface area contributed by atoms with Crippen LogP contribution in [0.15, 0.2) is 52.5 Å². The predicted octanol–water partition coefficient (Wildman–Crippen LogP) is 3.91. The van der Waals surface area contributed by atoms with Gasteiger partial charge in [-0.3, -0.25) is 0 Å². The smallest absolute Gasteiger partial charge is 0.101 e. The van der Waals surface area contributed by atoms with Crippen molar-refractivity contribution < 1.29 is 0 Å². The van der Waals surface area contributed by atoms with Crippen LogP contribution >= 0.6 is 23.4 Å². The van der Waals surface area contributed by atoms with E-state index in [0.717, 1.165) is 20.5 Å². The van der Waals surface area contributed by atoms with Crippen molar-refractivity contribution in [3.63, 3.8) is 0 Å². The van der Waals surface area contributed by atoms with Crippen molar-refractivity contribution in [3.05, 3.63) is 53.2 Å². The van der Waals surface area contributed by atoms with E-state index in [1.165, 1.54) is 0 Å². The van der Waals surface area contributed by atoms with Crippen LogP contribution in [0.5, 0.6) is 0 Å². The van der Waals surface area contributed by atoms with Crippen LogP contribution in [-0.4, -0.2) is 4.98 Å². The van der Waals surface area contributed by atoms with Crippen LogP contribution in [0.3, 0.4) is 0 Å². The van der Waals surface area contributed by atoms with E-state index in [9.17, 15) is 0 Å². The van der Waals surface area contributed by atoms with Crippen LogP contribution in [0, 0.1) is 0 Å². The van der Waals surface area contributed by atoms with Crippen LogP contribution < -0.4 is 5.73 Å². The Morgan fingerprint density at radius 3 is 2.71 bits per heavy atom. The van der Waals surface area contributed by atoms with Gasteiger partial charge in [-0.15, -0.1) is 0 Å². The summed E-state index contributed by atoms with van der Waals surface area (Å²) < 4.78 is 0. The third-order valence-electron chi connectivity index (χ3n) is 2.30. The van der Waals surface area contributed by atoms with E-state index >= 15 is 0 Å². The number of hydrogen-bond acceptors (Lipinski definition) is 3. The largest absolute Gasteiger partial charge is 0.324 e. The van der Waals surface area contributed by atoms with E-state index in [-0.39, 0.29) is 6.04 Å². The zero-order chi connectivity index (χ0) is 12.3. The highest BCUT2D eigenvalue weighted by Crippen LogP contribution is 2.28. The summed E-state index contributed by atoms with van der Waals surface area (Å²) in [6, 6.07) is 11.7. The van der Waals surface area contributed by atoms with Crippen molar-refractivity contribution >= 4 is 23.4 Å². The monoisotopic (exact) mass is 264 g/mol. The summed E-state index contributed by atoms with van der Waals surface area (Å²) in [4.78, 5) is 5.45. The molecule has 0 spiro atoms. The number of nitrogens with two attached hydrogens (primary N) is 1. The molecule has 0 fully saturated rings. The van der Waals surface area contributed by atoms with Gasteiger partial charge in [-0.1, -0.05) is 35.5 Å². The summed E-state index contributed by atoms with van der Waals surface area (Å²) in [7, 11) is 0. The summed E-state index contributed by atoms with van der Waals surface area (Å²) >= 11 is 7.51. The van der Waals surface area contributed by atoms with Gasteiger partial charge in [0.1, 0.15) is 5.03 Å². The van der Waals surface area contributed by atoms with Crippen molar-refractivity contribution in [2.75, 3.05) is 0 Å². The molecule has 0 aliphatic heterocycles. The Morgan fingerprint density at radius 1 is 1.29 bits per heavy atom. The highest BCUT2D eigenvalue weighted by molar-refractivity contribution is 7.99. The molecule has 2 aromatic rings. The lowest BCUT2D eigenvalue weighted by molar-refractivity contribution is 0.806. The SMILES string of the molecule is CC(N)c1ccc(Sc2cccc(Cl)c2)nc1. The minimum atomic E-state index is 0.0210. The molecule has 1 aromatic carbocycles. The van der Waals surface area contributed by atoms with Gasteiger partial charge in [0, 0.05) is 22.2 Å². The molecular formula is C13H13ClN2S. The van der Waals surface area contributed by atoms with E-state index in [4.69, 9.17) is 17.3 Å². The van der Waals surface area contributed by atoms with E-state index in [2.05, 4.69) is 4.98 Å². The second-order valence-electron chi connectivity index (χ2n) is 3.78. The molecule has 0 saturated carbocycles. The van der Waals surface area contributed by atoms with Crippen LogP contribution in [0.25, 0.3) is 0 Å². The Kier molecular flexibility index (Phi) is 4.05. The first-order valence-corrected chi connectivity index (χ1v) is 6.49. The first-order valence-electron chi connectivity index (χ1n) is 5.30. The minimum absolute atomic E-state index is 0.0210. The molecule has 17 heavy (non-hydrogen) atoms. The van der Waals surface area contributed by atoms with Gasteiger partial charge in [-0.05, 0) is 36.8 Å². The van der Waals surface area contributed by atoms with Crippen molar-refractivity contribution in [2.24, 2.45) is 5.73 Å². The third-order valence-corrected chi connectivity index (χ3v) is 3.48. The topological polar surface area (TPSA) is 38.9 Å². The maximum atomic E-state index is 5.93. The maximum Gasteiger partial charge on any atom is 0.101 e.